The molecule has 0 spiro atoms. The van der Waals surface area contributed by atoms with Gasteiger partial charge in [0.2, 0.25) is 0 Å². The molecule has 2 rings (SSSR count). The smallest absolute Gasteiger partial charge is 0.0535 e. The number of likely N-dealkylation sites (N-methyl/N-ethyl adjacent to an activating group) is 1. The van der Waals surface area contributed by atoms with Gasteiger partial charge in [-0.1, -0.05) is 44.1 Å². The van der Waals surface area contributed by atoms with E-state index in [0.29, 0.717) is 6.04 Å². The van der Waals surface area contributed by atoms with Crippen LogP contribution in [0.2, 0.25) is 0 Å². The summed E-state index contributed by atoms with van der Waals surface area (Å²) in [6, 6.07) is 9.56. The minimum absolute atomic E-state index is 0.416. The third-order valence-corrected chi connectivity index (χ3v) is 4.77. The summed E-state index contributed by atoms with van der Waals surface area (Å²) in [5.74, 6) is 1.14. The highest BCUT2D eigenvalue weighted by molar-refractivity contribution is 7.99. The molecule has 1 nitrogen and oxygen atoms in total. The van der Waals surface area contributed by atoms with Crippen molar-refractivity contribution in [1.82, 2.24) is 5.32 Å². The molecule has 0 aromatic heterocycles. The zero-order valence-corrected chi connectivity index (χ0v) is 13.6. The minimum Gasteiger partial charge on any atom is -0.307 e. The van der Waals surface area contributed by atoms with Crippen LogP contribution in [-0.4, -0.2) is 12.3 Å². The Labute approximate surface area is 128 Å². The molecule has 2 heteroatoms. The largest absolute Gasteiger partial charge is 0.307 e. The second-order valence-electron chi connectivity index (χ2n) is 5.37. The fourth-order valence-corrected chi connectivity index (χ4v) is 3.55. The number of hydrogen-bond donors (Lipinski definition) is 1. The van der Waals surface area contributed by atoms with E-state index in [0.717, 1.165) is 12.3 Å². The Kier molecular flexibility index (Phi) is 6.68. The third kappa shape index (κ3) is 4.39. The van der Waals surface area contributed by atoms with E-state index in [1.807, 2.05) is 11.8 Å². The maximum Gasteiger partial charge on any atom is 0.0535 e. The highest BCUT2D eigenvalue weighted by atomic mass is 32.2. The standard InChI is InChI=1S/C18H27NS/c1-3-19-18(15-9-7-5-6-8-10-15)16-11-13-17(14-12-16)20-4-2/h9,11-14,18-19H,3-8,10H2,1-2H3. The summed E-state index contributed by atoms with van der Waals surface area (Å²) in [5.41, 5.74) is 3.01. The van der Waals surface area contributed by atoms with Gasteiger partial charge in [0.15, 0.2) is 0 Å². The van der Waals surface area contributed by atoms with Gasteiger partial charge in [0.25, 0.3) is 0 Å². The van der Waals surface area contributed by atoms with Crippen molar-refractivity contribution < 1.29 is 0 Å². The van der Waals surface area contributed by atoms with Gasteiger partial charge in [-0.3, -0.25) is 0 Å². The molecular formula is C18H27NS. The molecule has 0 amide bonds. The van der Waals surface area contributed by atoms with Gasteiger partial charge >= 0.3 is 0 Å². The lowest BCUT2D eigenvalue weighted by Crippen LogP contribution is -2.22. The fourth-order valence-electron chi connectivity index (χ4n) is 2.89. The molecule has 1 aliphatic rings. The SMILES string of the molecule is CCNC(C1=CCCCCC1)c1ccc(SCC)cc1. The van der Waals surface area contributed by atoms with Crippen LogP contribution in [0.1, 0.15) is 57.6 Å². The van der Waals surface area contributed by atoms with Gasteiger partial charge in [-0.05, 0) is 55.7 Å². The molecule has 1 N–H and O–H groups in total. The van der Waals surface area contributed by atoms with Crippen LogP contribution in [0, 0.1) is 0 Å². The summed E-state index contributed by atoms with van der Waals surface area (Å²) in [5, 5.41) is 3.67. The van der Waals surface area contributed by atoms with Crippen molar-refractivity contribution in [3.63, 3.8) is 0 Å². The third-order valence-electron chi connectivity index (χ3n) is 3.88. The van der Waals surface area contributed by atoms with E-state index in [1.54, 1.807) is 5.57 Å². The van der Waals surface area contributed by atoms with Crippen molar-refractivity contribution >= 4 is 11.8 Å². The molecule has 0 heterocycles. The zero-order chi connectivity index (χ0) is 14.2. The fraction of sp³-hybridized carbons (Fsp3) is 0.556. The van der Waals surface area contributed by atoms with E-state index >= 15 is 0 Å². The Morgan fingerprint density at radius 3 is 2.60 bits per heavy atom. The van der Waals surface area contributed by atoms with Crippen LogP contribution in [0.3, 0.4) is 0 Å². The predicted molar refractivity (Wildman–Crippen MR) is 90.4 cm³/mol. The van der Waals surface area contributed by atoms with Gasteiger partial charge in [-0.15, -0.1) is 11.8 Å². The summed E-state index contributed by atoms with van der Waals surface area (Å²) >= 11 is 1.91. The summed E-state index contributed by atoms with van der Waals surface area (Å²) in [6.45, 7) is 5.43. The average molecular weight is 289 g/mol. The van der Waals surface area contributed by atoms with Crippen molar-refractivity contribution in [1.29, 1.82) is 0 Å². The van der Waals surface area contributed by atoms with E-state index in [4.69, 9.17) is 0 Å². The molecule has 0 bridgehead atoms. The molecule has 0 saturated heterocycles. The number of rotatable bonds is 6. The Bertz CT molecular complexity index is 422. The predicted octanol–water partition coefficient (Wildman–Crippen LogP) is 5.34. The number of nitrogens with one attached hydrogen (secondary N) is 1. The van der Waals surface area contributed by atoms with Crippen molar-refractivity contribution in [3.05, 3.63) is 41.5 Å². The van der Waals surface area contributed by atoms with Gasteiger partial charge in [-0.2, -0.15) is 0 Å². The van der Waals surface area contributed by atoms with Crippen molar-refractivity contribution in [2.45, 2.75) is 56.9 Å². The van der Waals surface area contributed by atoms with Crippen molar-refractivity contribution in [3.8, 4) is 0 Å². The Morgan fingerprint density at radius 2 is 1.90 bits per heavy atom. The Morgan fingerprint density at radius 1 is 1.10 bits per heavy atom. The van der Waals surface area contributed by atoms with E-state index in [9.17, 15) is 0 Å². The second kappa shape index (κ2) is 8.53. The molecule has 0 radical (unpaired) electrons. The monoisotopic (exact) mass is 289 g/mol. The highest BCUT2D eigenvalue weighted by Gasteiger charge is 2.16. The molecule has 1 aliphatic carbocycles. The van der Waals surface area contributed by atoms with E-state index < -0.39 is 0 Å². The average Bonchev–Trinajstić information content (AvgIpc) is 2.75. The number of allylic oxidation sites excluding steroid dienone is 1. The maximum absolute atomic E-state index is 3.67. The molecule has 0 fully saturated rings. The topological polar surface area (TPSA) is 12.0 Å². The van der Waals surface area contributed by atoms with Gasteiger partial charge < -0.3 is 5.32 Å². The normalized spacial score (nSPS) is 17.4. The van der Waals surface area contributed by atoms with E-state index in [2.05, 4.69) is 49.5 Å². The summed E-state index contributed by atoms with van der Waals surface area (Å²) in [4.78, 5) is 1.38. The lowest BCUT2D eigenvalue weighted by molar-refractivity contribution is 0.589. The molecule has 20 heavy (non-hydrogen) atoms. The Balaban J connectivity index is 2.16. The lowest BCUT2D eigenvalue weighted by atomic mass is 9.95. The second-order valence-corrected chi connectivity index (χ2v) is 6.71. The van der Waals surface area contributed by atoms with Crippen molar-refractivity contribution in [2.24, 2.45) is 0 Å². The summed E-state index contributed by atoms with van der Waals surface area (Å²) < 4.78 is 0. The van der Waals surface area contributed by atoms with Crippen LogP contribution in [0.15, 0.2) is 40.8 Å². The van der Waals surface area contributed by atoms with Gasteiger partial charge in [0, 0.05) is 4.90 Å². The molecule has 0 saturated carbocycles. The summed E-state index contributed by atoms with van der Waals surface area (Å²) in [7, 11) is 0. The number of hydrogen-bond acceptors (Lipinski definition) is 2. The molecular weight excluding hydrogens is 262 g/mol. The quantitative estimate of drug-likeness (QED) is 0.560. The van der Waals surface area contributed by atoms with Crippen LogP contribution < -0.4 is 5.32 Å². The van der Waals surface area contributed by atoms with E-state index in [1.165, 1.54) is 42.6 Å². The van der Waals surface area contributed by atoms with Gasteiger partial charge in [0.05, 0.1) is 6.04 Å². The molecule has 1 atom stereocenters. The molecule has 1 unspecified atom stereocenters. The molecule has 110 valence electrons. The first-order valence-corrected chi connectivity index (χ1v) is 8.98. The molecule has 0 aliphatic heterocycles. The first-order chi connectivity index (χ1) is 9.85. The Hall–Kier alpha value is -0.730. The number of thioether (sulfide) groups is 1. The van der Waals surface area contributed by atoms with Crippen LogP contribution in [0.25, 0.3) is 0 Å². The number of benzene rings is 1. The first-order valence-electron chi connectivity index (χ1n) is 8.00. The van der Waals surface area contributed by atoms with E-state index in [-0.39, 0.29) is 0 Å². The molecule has 1 aromatic rings. The first kappa shape index (κ1) is 15.7. The minimum atomic E-state index is 0.416. The molecule has 1 aromatic carbocycles. The van der Waals surface area contributed by atoms with Crippen LogP contribution >= 0.6 is 11.8 Å². The van der Waals surface area contributed by atoms with Crippen LogP contribution in [-0.2, 0) is 0 Å². The maximum atomic E-state index is 3.67. The van der Waals surface area contributed by atoms with Crippen molar-refractivity contribution in [2.75, 3.05) is 12.3 Å². The van der Waals surface area contributed by atoms with Gasteiger partial charge in [0.1, 0.15) is 0 Å². The van der Waals surface area contributed by atoms with Crippen LogP contribution in [0.5, 0.6) is 0 Å². The van der Waals surface area contributed by atoms with Gasteiger partial charge in [-0.25, -0.2) is 0 Å². The zero-order valence-electron chi connectivity index (χ0n) is 12.8. The highest BCUT2D eigenvalue weighted by Crippen LogP contribution is 2.30. The lowest BCUT2D eigenvalue weighted by Gasteiger charge is -2.22. The van der Waals surface area contributed by atoms with Crippen LogP contribution in [0.4, 0.5) is 0 Å². The summed E-state index contributed by atoms with van der Waals surface area (Å²) in [6.07, 6.45) is 9.07.